The summed E-state index contributed by atoms with van der Waals surface area (Å²) in [5.74, 6) is 1.49. The number of hydrogen-bond acceptors (Lipinski definition) is 1. The molecular weight excluding hydrogens is 396 g/mol. The van der Waals surface area contributed by atoms with Gasteiger partial charge in [0.25, 0.3) is 0 Å². The van der Waals surface area contributed by atoms with Crippen molar-refractivity contribution in [3.63, 3.8) is 0 Å². The molecule has 2 fully saturated rings. The summed E-state index contributed by atoms with van der Waals surface area (Å²) in [5.41, 5.74) is 1.58. The predicted molar refractivity (Wildman–Crippen MR) is 119 cm³/mol. The maximum Gasteiger partial charge on any atom is 0.129 e. The molecule has 2 aromatic rings. The van der Waals surface area contributed by atoms with Crippen molar-refractivity contribution in [2.75, 3.05) is 0 Å². The largest absolute Gasteiger partial charge is 0.748 e. The van der Waals surface area contributed by atoms with Crippen LogP contribution in [0.5, 0.6) is 0 Å². The topological polar surface area (TPSA) is 17.1 Å². The van der Waals surface area contributed by atoms with Crippen molar-refractivity contribution in [2.45, 2.75) is 89.9 Å². The van der Waals surface area contributed by atoms with Crippen LogP contribution in [-0.4, -0.2) is 5.78 Å². The molecule has 2 aromatic carbocycles. The van der Waals surface area contributed by atoms with Gasteiger partial charge in [-0.3, -0.25) is 0 Å². The van der Waals surface area contributed by atoms with Crippen LogP contribution in [0.25, 0.3) is 0 Å². The summed E-state index contributed by atoms with van der Waals surface area (Å²) in [6.07, 6.45) is 15.2. The summed E-state index contributed by atoms with van der Waals surface area (Å²) in [6.45, 7) is 2.29. The Morgan fingerprint density at radius 3 is 2.17 bits per heavy atom. The summed E-state index contributed by atoms with van der Waals surface area (Å²) in [5, 5.41) is 0. The van der Waals surface area contributed by atoms with E-state index in [0.717, 1.165) is 18.8 Å². The first-order chi connectivity index (χ1) is 13.8. The van der Waals surface area contributed by atoms with E-state index >= 15 is 0 Å². The van der Waals surface area contributed by atoms with Gasteiger partial charge in [0.05, 0.1) is 0 Å². The fourth-order valence-corrected chi connectivity index (χ4v) is 5.92. The summed E-state index contributed by atoms with van der Waals surface area (Å²) >= 11 is 0. The van der Waals surface area contributed by atoms with Crippen molar-refractivity contribution in [1.29, 1.82) is 0 Å². The second-order valence-electron chi connectivity index (χ2n) is 8.96. The first-order valence-electron chi connectivity index (χ1n) is 11.7. The van der Waals surface area contributed by atoms with E-state index in [1.54, 1.807) is 0 Å². The molecule has 0 saturated heterocycles. The monoisotopic (exact) mass is 434 g/mol. The molecule has 0 spiro atoms. The fourth-order valence-electron chi connectivity index (χ4n) is 5.92. The average molecular weight is 434 g/mol. The van der Waals surface area contributed by atoms with Crippen LogP contribution in [0, 0.1) is 11.3 Å². The number of carbonyl (C=O) groups excluding carboxylic acids is 1. The van der Waals surface area contributed by atoms with Crippen LogP contribution in [0.1, 0.15) is 95.5 Å². The molecule has 2 unspecified atom stereocenters. The molecule has 4 rings (SSSR count). The molecule has 2 atom stereocenters. The molecule has 0 radical (unpaired) electrons. The first-order valence-corrected chi connectivity index (χ1v) is 11.7. The summed E-state index contributed by atoms with van der Waals surface area (Å²) in [7, 11) is 0. The maximum absolute atomic E-state index is 13.0. The van der Waals surface area contributed by atoms with E-state index in [0.29, 0.717) is 5.78 Å². The van der Waals surface area contributed by atoms with E-state index < -0.39 is 0 Å². The molecule has 0 heterocycles. The standard InChI is InChI=1S/C22H33O.C5H5.Fe/c1-2-3-9-16-22(19-13-5-4-6-14-19)17-10-15-20(23)21(22)18-11-7-8-12-18;1-2-4-5-3-1;/h7-8,11-12,19,21H,2-6,9-10,13-17H2,1H3;1-5H;/q-1;-5;. The van der Waals surface area contributed by atoms with Gasteiger partial charge in [-0.25, -0.2) is 12.1 Å². The number of Topliss-reactive ketones (excluding diaryl/α,β-unsaturated/α-hetero) is 1. The van der Waals surface area contributed by atoms with Crippen LogP contribution in [0.4, 0.5) is 0 Å². The van der Waals surface area contributed by atoms with Gasteiger partial charge >= 0.3 is 0 Å². The Morgan fingerprint density at radius 2 is 1.59 bits per heavy atom. The quantitative estimate of drug-likeness (QED) is 0.258. The number of carbonyl (C=O) groups is 1. The minimum absolute atomic E-state index is 0. The third-order valence-corrected chi connectivity index (χ3v) is 7.20. The molecule has 0 amide bonds. The zero-order valence-corrected chi connectivity index (χ0v) is 19.2. The molecule has 0 bridgehead atoms. The molecule has 0 aliphatic heterocycles. The molecule has 29 heavy (non-hydrogen) atoms. The van der Waals surface area contributed by atoms with Gasteiger partial charge in [-0.1, -0.05) is 45.4 Å². The number of hydrogen-bond donors (Lipinski definition) is 0. The molecule has 0 aromatic heterocycles. The van der Waals surface area contributed by atoms with E-state index in [1.165, 1.54) is 69.8 Å². The van der Waals surface area contributed by atoms with Gasteiger partial charge in [-0.15, -0.1) is 5.56 Å². The SMILES string of the molecule is CCCCCC1(C2CCCCC2)CCCC(=O)C1[c-]1cccc1.[Fe].[cH-]1[cH-][cH-][cH-][cH-]1. The van der Waals surface area contributed by atoms with Crippen LogP contribution < -0.4 is 0 Å². The van der Waals surface area contributed by atoms with Gasteiger partial charge in [-0.05, 0) is 43.4 Å². The fraction of sp³-hybridized carbons (Fsp3) is 0.593. The maximum atomic E-state index is 13.0. The summed E-state index contributed by atoms with van der Waals surface area (Å²) in [4.78, 5) is 13.0. The van der Waals surface area contributed by atoms with Crippen LogP contribution in [-0.2, 0) is 21.9 Å². The van der Waals surface area contributed by atoms with E-state index in [4.69, 9.17) is 0 Å². The van der Waals surface area contributed by atoms with Crippen molar-refractivity contribution in [2.24, 2.45) is 11.3 Å². The minimum atomic E-state index is 0. The zero-order valence-electron chi connectivity index (χ0n) is 18.1. The Morgan fingerprint density at radius 1 is 0.966 bits per heavy atom. The van der Waals surface area contributed by atoms with Gasteiger partial charge in [0.2, 0.25) is 0 Å². The van der Waals surface area contributed by atoms with E-state index in [9.17, 15) is 4.79 Å². The Hall–Kier alpha value is -1.11. The molecule has 2 heteroatoms. The third kappa shape index (κ3) is 6.19. The van der Waals surface area contributed by atoms with Crippen molar-refractivity contribution in [3.05, 3.63) is 60.2 Å². The molecule has 166 valence electrons. The zero-order chi connectivity index (χ0) is 19.7. The van der Waals surface area contributed by atoms with Crippen LogP contribution in [0.15, 0.2) is 54.6 Å². The molecule has 2 saturated carbocycles. The summed E-state index contributed by atoms with van der Waals surface area (Å²) < 4.78 is 0. The Kier molecular flexibility index (Phi) is 10.5. The normalized spacial score (nSPS) is 25.0. The van der Waals surface area contributed by atoms with Crippen molar-refractivity contribution >= 4 is 5.78 Å². The first kappa shape index (κ1) is 24.2. The van der Waals surface area contributed by atoms with Gasteiger partial charge in [0.1, 0.15) is 5.78 Å². The van der Waals surface area contributed by atoms with E-state index in [-0.39, 0.29) is 28.4 Å². The van der Waals surface area contributed by atoms with E-state index in [2.05, 4.69) is 31.2 Å². The van der Waals surface area contributed by atoms with E-state index in [1.807, 2.05) is 30.3 Å². The van der Waals surface area contributed by atoms with Crippen molar-refractivity contribution in [3.8, 4) is 0 Å². The average Bonchev–Trinajstić information content (AvgIpc) is 3.46. The second-order valence-corrected chi connectivity index (χ2v) is 8.96. The smallest absolute Gasteiger partial charge is 0.129 e. The molecular formula is C27H38FeO-6. The van der Waals surface area contributed by atoms with Crippen LogP contribution >= 0.6 is 0 Å². The second kappa shape index (κ2) is 12.6. The van der Waals surface area contributed by atoms with Gasteiger partial charge < -0.3 is 35.1 Å². The Balaban J connectivity index is 0.000000437. The number of rotatable bonds is 6. The van der Waals surface area contributed by atoms with Gasteiger partial charge in [0.15, 0.2) is 0 Å². The Labute approximate surface area is 188 Å². The number of ketones is 1. The molecule has 1 nitrogen and oxygen atoms in total. The van der Waals surface area contributed by atoms with Crippen molar-refractivity contribution in [1.82, 2.24) is 0 Å². The van der Waals surface area contributed by atoms with Crippen molar-refractivity contribution < 1.29 is 21.9 Å². The summed E-state index contributed by atoms with van der Waals surface area (Å²) in [6, 6.07) is 18.7. The van der Waals surface area contributed by atoms with Crippen LogP contribution in [0.3, 0.4) is 0 Å². The van der Waals surface area contributed by atoms with Gasteiger partial charge in [-0.2, -0.15) is 12.1 Å². The van der Waals surface area contributed by atoms with Gasteiger partial charge in [0, 0.05) is 29.4 Å². The predicted octanol–water partition coefficient (Wildman–Crippen LogP) is 7.79. The number of unbranched alkanes of at least 4 members (excludes halogenated alkanes) is 2. The molecule has 2 aliphatic rings. The molecule has 0 N–H and O–H groups in total. The third-order valence-electron chi connectivity index (χ3n) is 7.20. The molecule has 2 aliphatic carbocycles. The van der Waals surface area contributed by atoms with Crippen LogP contribution in [0.2, 0.25) is 0 Å². The minimum Gasteiger partial charge on any atom is -0.748 e. The Bertz CT molecular complexity index is 634.